The van der Waals surface area contributed by atoms with Gasteiger partial charge in [0, 0.05) is 0 Å². The van der Waals surface area contributed by atoms with Crippen molar-refractivity contribution in [2.45, 2.75) is 17.8 Å². The van der Waals surface area contributed by atoms with E-state index in [1.165, 1.54) is 0 Å². The van der Waals surface area contributed by atoms with E-state index < -0.39 is 29.7 Å². The Morgan fingerprint density at radius 3 is 1.50 bits per heavy atom. The number of ether oxygens (including phenoxy) is 1. The van der Waals surface area contributed by atoms with Gasteiger partial charge in [-0.3, -0.25) is 0 Å². The highest BCUT2D eigenvalue weighted by Gasteiger charge is 2.84. The highest BCUT2D eigenvalue weighted by Crippen LogP contribution is 2.49. The van der Waals surface area contributed by atoms with Crippen LogP contribution in [0.15, 0.2) is 0 Å². The molecule has 3 nitrogen and oxygen atoms in total. The number of alkyl halides is 6. The second-order valence-electron chi connectivity index (χ2n) is 2.41. The van der Waals surface area contributed by atoms with E-state index in [1.807, 2.05) is 0 Å². The predicted octanol–water partition coefficient (Wildman–Crippen LogP) is 0.976. The van der Waals surface area contributed by atoms with Crippen LogP contribution in [0.5, 0.6) is 0 Å². The van der Waals surface area contributed by atoms with Gasteiger partial charge in [-0.2, -0.15) is 22.0 Å². The molecule has 0 aromatic heterocycles. The summed E-state index contributed by atoms with van der Waals surface area (Å²) in [6.45, 7) is 0. The highest BCUT2D eigenvalue weighted by molar-refractivity contribution is 6.18. The van der Waals surface area contributed by atoms with Crippen molar-refractivity contribution in [1.82, 2.24) is 0 Å². The zero-order valence-electron chi connectivity index (χ0n) is 5.99. The lowest BCUT2D eigenvalue weighted by Gasteiger charge is -2.35. The van der Waals surface area contributed by atoms with E-state index in [9.17, 15) is 35.9 Å². The molecule has 0 N–H and O–H groups in total. The van der Waals surface area contributed by atoms with Crippen LogP contribution in [0.3, 0.4) is 0 Å². The van der Waals surface area contributed by atoms with Gasteiger partial charge in [-0.15, -0.1) is 0 Å². The molecule has 0 unspecified atom stereocenters. The van der Waals surface area contributed by atoms with Crippen molar-refractivity contribution in [3.8, 4) is 0 Å². The number of hydrogen-bond donors (Lipinski definition) is 0. The Labute approximate surface area is 71.6 Å². The minimum Gasteiger partial charge on any atom is -0.387 e. The fraction of sp³-hybridized carbons (Fsp3) is 0.600. The first kappa shape index (κ1) is 10.8. The summed E-state index contributed by atoms with van der Waals surface area (Å²) in [5, 5.41) is 0. The first-order valence-electron chi connectivity index (χ1n) is 2.95. The molecule has 0 bridgehead atoms. The SMILES string of the molecule is O=C1OC(=O)C1(F)C(F)(F)C(F)(F)F. The van der Waals surface area contributed by atoms with Crippen LogP contribution >= 0.6 is 0 Å². The van der Waals surface area contributed by atoms with Gasteiger partial charge in [-0.05, 0) is 0 Å². The average molecular weight is 222 g/mol. The van der Waals surface area contributed by atoms with Crippen molar-refractivity contribution in [2.24, 2.45) is 0 Å². The Balaban J connectivity index is 3.16. The van der Waals surface area contributed by atoms with Crippen molar-refractivity contribution in [3.05, 3.63) is 0 Å². The molecule has 0 aromatic carbocycles. The molecule has 1 rings (SSSR count). The van der Waals surface area contributed by atoms with Crippen LogP contribution in [0.25, 0.3) is 0 Å². The molecular formula is C5F6O3. The first-order chi connectivity index (χ1) is 6.05. The predicted molar refractivity (Wildman–Crippen MR) is 25.9 cm³/mol. The van der Waals surface area contributed by atoms with E-state index in [1.54, 1.807) is 0 Å². The Morgan fingerprint density at radius 2 is 1.36 bits per heavy atom. The molecule has 14 heavy (non-hydrogen) atoms. The Kier molecular flexibility index (Phi) is 1.85. The van der Waals surface area contributed by atoms with Crippen LogP contribution in [0.4, 0.5) is 26.3 Å². The Bertz CT molecular complexity index is 291. The first-order valence-corrected chi connectivity index (χ1v) is 2.95. The summed E-state index contributed by atoms with van der Waals surface area (Å²) in [6, 6.07) is 0. The zero-order valence-corrected chi connectivity index (χ0v) is 5.99. The van der Waals surface area contributed by atoms with Crippen LogP contribution in [0.2, 0.25) is 0 Å². The van der Waals surface area contributed by atoms with Crippen LogP contribution in [0, 0.1) is 0 Å². The summed E-state index contributed by atoms with van der Waals surface area (Å²) in [5.74, 6) is -11.2. The van der Waals surface area contributed by atoms with Gasteiger partial charge in [0.05, 0.1) is 0 Å². The van der Waals surface area contributed by atoms with E-state index >= 15 is 0 Å². The topological polar surface area (TPSA) is 43.4 Å². The molecule has 9 heteroatoms. The summed E-state index contributed by atoms with van der Waals surface area (Å²) in [5.41, 5.74) is -4.94. The van der Waals surface area contributed by atoms with Gasteiger partial charge in [0.1, 0.15) is 0 Å². The van der Waals surface area contributed by atoms with Crippen molar-refractivity contribution in [1.29, 1.82) is 0 Å². The molecule has 0 aromatic rings. The van der Waals surface area contributed by atoms with E-state index in [0.29, 0.717) is 0 Å². The van der Waals surface area contributed by atoms with Crippen molar-refractivity contribution in [3.63, 3.8) is 0 Å². The number of cyclic esters (lactones) is 2. The second kappa shape index (κ2) is 2.39. The minimum atomic E-state index is -6.34. The van der Waals surface area contributed by atoms with Gasteiger partial charge in [0.25, 0.3) is 0 Å². The maximum Gasteiger partial charge on any atom is 0.458 e. The summed E-state index contributed by atoms with van der Waals surface area (Å²) in [6.07, 6.45) is -6.34. The smallest absolute Gasteiger partial charge is 0.387 e. The fourth-order valence-electron chi connectivity index (χ4n) is 0.713. The van der Waals surface area contributed by atoms with Gasteiger partial charge in [0.2, 0.25) is 0 Å². The Hall–Kier alpha value is -1.28. The quantitative estimate of drug-likeness (QED) is 0.377. The van der Waals surface area contributed by atoms with E-state index in [4.69, 9.17) is 0 Å². The third-order valence-electron chi connectivity index (χ3n) is 1.54. The van der Waals surface area contributed by atoms with Crippen molar-refractivity contribution < 1.29 is 40.7 Å². The normalized spacial score (nSPS) is 21.6. The number of carbonyl (C=O) groups excluding carboxylic acids is 2. The summed E-state index contributed by atoms with van der Waals surface area (Å²) < 4.78 is 74.9. The molecule has 0 radical (unpaired) electrons. The van der Waals surface area contributed by atoms with E-state index in [-0.39, 0.29) is 0 Å². The Morgan fingerprint density at radius 1 is 1.00 bits per heavy atom. The van der Waals surface area contributed by atoms with Gasteiger partial charge in [-0.25, -0.2) is 14.0 Å². The maximum absolute atomic E-state index is 12.7. The molecule has 0 saturated carbocycles. The summed E-state index contributed by atoms with van der Waals surface area (Å²) >= 11 is 0. The van der Waals surface area contributed by atoms with Crippen LogP contribution < -0.4 is 0 Å². The molecule has 0 atom stereocenters. The molecule has 1 saturated heterocycles. The summed E-state index contributed by atoms with van der Waals surface area (Å²) in [7, 11) is 0. The number of hydrogen-bond acceptors (Lipinski definition) is 3. The van der Waals surface area contributed by atoms with Gasteiger partial charge >= 0.3 is 29.7 Å². The number of esters is 2. The lowest BCUT2D eigenvalue weighted by molar-refractivity contribution is -0.330. The van der Waals surface area contributed by atoms with Gasteiger partial charge in [-0.1, -0.05) is 0 Å². The molecule has 0 aliphatic carbocycles. The van der Waals surface area contributed by atoms with Crippen LogP contribution in [0.1, 0.15) is 0 Å². The monoisotopic (exact) mass is 222 g/mol. The lowest BCUT2D eigenvalue weighted by Crippen LogP contribution is -2.70. The number of halogens is 6. The largest absolute Gasteiger partial charge is 0.458 e. The third kappa shape index (κ3) is 0.946. The van der Waals surface area contributed by atoms with E-state index in [2.05, 4.69) is 4.74 Å². The third-order valence-corrected chi connectivity index (χ3v) is 1.54. The summed E-state index contributed by atoms with van der Waals surface area (Å²) in [4.78, 5) is 20.1. The number of rotatable bonds is 1. The van der Waals surface area contributed by atoms with E-state index in [0.717, 1.165) is 0 Å². The number of carbonyl (C=O) groups is 2. The molecule has 80 valence electrons. The minimum absolute atomic E-state index is 2.54. The highest BCUT2D eigenvalue weighted by atomic mass is 19.4. The standard InChI is InChI=1S/C5F6O3/c6-3(1(12)14-2(3)13)4(7,8)5(9,10)11. The van der Waals surface area contributed by atoms with Gasteiger partial charge in [0.15, 0.2) is 0 Å². The molecule has 0 spiro atoms. The fourth-order valence-corrected chi connectivity index (χ4v) is 0.713. The molecular weight excluding hydrogens is 222 g/mol. The molecule has 1 aliphatic rings. The zero-order chi connectivity index (χ0) is 11.4. The molecule has 1 fully saturated rings. The molecule has 0 amide bonds. The molecule has 1 heterocycles. The van der Waals surface area contributed by atoms with Gasteiger partial charge < -0.3 is 4.74 Å². The van der Waals surface area contributed by atoms with Crippen molar-refractivity contribution >= 4 is 11.9 Å². The van der Waals surface area contributed by atoms with Crippen LogP contribution in [-0.2, 0) is 14.3 Å². The second-order valence-corrected chi connectivity index (χ2v) is 2.41. The lowest BCUT2D eigenvalue weighted by atomic mass is 9.93. The molecule has 1 aliphatic heterocycles. The van der Waals surface area contributed by atoms with Crippen LogP contribution in [-0.4, -0.2) is 29.7 Å². The maximum atomic E-state index is 12.7. The average Bonchev–Trinajstić information content (AvgIpc) is 2.01. The van der Waals surface area contributed by atoms with Crippen molar-refractivity contribution in [2.75, 3.05) is 0 Å².